The van der Waals surface area contributed by atoms with Gasteiger partial charge < -0.3 is 51.4 Å². The molecule has 496 valence electrons. The monoisotopic (exact) mass is 1380 g/mol. The summed E-state index contributed by atoms with van der Waals surface area (Å²) in [5.41, 5.74) is 17.9. The Balaban J connectivity index is 0.000000219. The number of pyridine rings is 4. The normalized spacial score (nSPS) is 12.3. The van der Waals surface area contributed by atoms with E-state index in [2.05, 4.69) is 109 Å². The molecular formula is C74H77BBrN8NaO12. The van der Waals surface area contributed by atoms with Gasteiger partial charge in [0.05, 0.1) is 60.2 Å². The number of methoxy groups -OCH3 is 2. The van der Waals surface area contributed by atoms with Crippen molar-refractivity contribution < 1.29 is 89.1 Å². The summed E-state index contributed by atoms with van der Waals surface area (Å²) < 4.78 is 10.0. The minimum Gasteiger partial charge on any atom is -0.870 e. The fourth-order valence-corrected chi connectivity index (χ4v) is 10.2. The predicted octanol–water partition coefficient (Wildman–Crippen LogP) is 6.07. The van der Waals surface area contributed by atoms with Crippen LogP contribution in [0.15, 0.2) is 248 Å². The zero-order chi connectivity index (χ0) is 67.7. The number of carbonyl (C=O) groups excluding carboxylic acids is 3. The number of β-amino-alcohol motifs (C(OH)–C–C–N with tert-alkyl or cyclic N) is 2. The first-order valence-corrected chi connectivity index (χ1v) is 31.3. The van der Waals surface area contributed by atoms with Crippen LogP contribution in [-0.4, -0.2) is 157 Å². The van der Waals surface area contributed by atoms with Gasteiger partial charge in [-0.05, 0) is 154 Å². The number of hydrogen-bond donors (Lipinski definition) is 7. The summed E-state index contributed by atoms with van der Waals surface area (Å²) in [6.45, 7) is 5.53. The standard InChI is InChI=1S/C24H25N3O2.C13H11NO2.C12H18N2O.C12H9NO2.C8H9BO4.C5H4BrN.Na.H2O/c28-22(17-27-13-11-18-6-1-2-7-21(18)16-27)15-26-24(29)20-9-5-8-19(14-20)23-10-3-4-12-25-23;1-16-13(15)11-6-4-5-10(9-11)12-7-2-3-8-14-12;13-7-12(15)9-14-6-5-10-3-1-2-4-11(10)8-14;14-12(15)10-5-3-4-9(8-10)11-6-1-2-7-13-11;1-13-8(10)6-3-2-4-7(5-6)9(11)12;6-5-3-1-2-4-7-5;;/h1-10,12,14,22,28H,11,13,15-17H2,(H,26,29);2-9H,1H3;1-4,12,15H,5-9,13H2;1-8H,(H,14,15);2-5,11-12H,1H3;1-4H;;1H2/q;;;;;;+1;/p-1. The fourth-order valence-electron chi connectivity index (χ4n) is 9.91. The van der Waals surface area contributed by atoms with Gasteiger partial charge in [0.2, 0.25) is 0 Å². The summed E-state index contributed by atoms with van der Waals surface area (Å²) in [6, 6.07) is 66.9. The van der Waals surface area contributed by atoms with E-state index in [9.17, 15) is 29.4 Å². The largest absolute Gasteiger partial charge is 1.00 e. The van der Waals surface area contributed by atoms with E-state index in [1.165, 1.54) is 54.7 Å². The molecule has 6 aromatic carbocycles. The summed E-state index contributed by atoms with van der Waals surface area (Å²) in [7, 11) is 1.07. The Morgan fingerprint density at radius 2 is 0.907 bits per heavy atom. The second-order valence-electron chi connectivity index (χ2n) is 21.6. The Labute approximate surface area is 595 Å². The number of nitrogens with zero attached hydrogens (tertiary/aromatic N) is 6. The quantitative estimate of drug-likeness (QED) is 0.0348. The number of carboxylic acid groups (broad SMARTS) is 1. The number of fused-ring (bicyclic) bond motifs is 2. The van der Waals surface area contributed by atoms with E-state index in [1.54, 1.807) is 67.3 Å². The third kappa shape index (κ3) is 26.5. The van der Waals surface area contributed by atoms with Gasteiger partial charge in [0.25, 0.3) is 5.91 Å². The number of ether oxygens (including phenoxy) is 2. The number of amides is 1. The second-order valence-corrected chi connectivity index (χ2v) is 22.4. The number of aromatic nitrogens is 4. The SMILES string of the molecule is Brc1ccccn1.COC(=O)c1cccc(-c2ccccn2)c1.COC(=O)c1cccc(B(O)O)c1.NCC(O)CN1CCc2ccccc2C1.O=C(NCC(O)CN1CCc2ccccc2C1)c1cccc(-c2ccccn2)c1.O=C(O)c1cccc(-c2ccccn2)c1.[Na+].[OH-]. The molecule has 0 saturated carbocycles. The van der Waals surface area contributed by atoms with Crippen LogP contribution in [0.5, 0.6) is 0 Å². The number of carbonyl (C=O) groups is 4. The average Bonchev–Trinajstić information content (AvgIpc) is 1.09. The first kappa shape index (κ1) is 78.7. The molecule has 2 aliphatic heterocycles. The third-order valence-electron chi connectivity index (χ3n) is 14.8. The molecule has 0 radical (unpaired) electrons. The number of halogens is 1. The Morgan fingerprint density at radius 3 is 1.31 bits per heavy atom. The smallest absolute Gasteiger partial charge is 0.870 e. The zero-order valence-corrected chi connectivity index (χ0v) is 57.8. The molecule has 10 aromatic rings. The molecule has 2 atom stereocenters. The van der Waals surface area contributed by atoms with Crippen molar-refractivity contribution in [3.8, 4) is 33.8 Å². The first-order valence-electron chi connectivity index (χ1n) is 30.5. The summed E-state index contributed by atoms with van der Waals surface area (Å²) in [5.74, 6) is -1.95. The van der Waals surface area contributed by atoms with Gasteiger partial charge in [-0.25, -0.2) is 19.4 Å². The van der Waals surface area contributed by atoms with Gasteiger partial charge >= 0.3 is 54.6 Å². The second kappa shape index (κ2) is 42.6. The summed E-state index contributed by atoms with van der Waals surface area (Å²) in [4.78, 5) is 66.8. The van der Waals surface area contributed by atoms with Crippen LogP contribution < -0.4 is 46.1 Å². The van der Waals surface area contributed by atoms with E-state index in [4.69, 9.17) is 20.9 Å². The fraction of sp³-hybridized carbons (Fsp3) is 0.189. The maximum atomic E-state index is 12.5. The van der Waals surface area contributed by atoms with Crippen LogP contribution in [0.3, 0.4) is 0 Å². The molecule has 0 saturated heterocycles. The van der Waals surface area contributed by atoms with Crippen LogP contribution in [0.2, 0.25) is 0 Å². The Bertz CT molecular complexity index is 4010. The summed E-state index contributed by atoms with van der Waals surface area (Å²) in [6.07, 6.45) is 7.95. The van der Waals surface area contributed by atoms with Gasteiger partial charge in [0.1, 0.15) is 4.60 Å². The van der Waals surface area contributed by atoms with E-state index >= 15 is 0 Å². The minimum atomic E-state index is -1.57. The molecule has 0 bridgehead atoms. The maximum absolute atomic E-state index is 12.5. The molecule has 0 aliphatic carbocycles. The molecule has 97 heavy (non-hydrogen) atoms. The number of aliphatic hydroxyl groups excluding tert-OH is 2. The molecule has 2 aliphatic rings. The molecular weight excluding hydrogens is 1310 g/mol. The Morgan fingerprint density at radius 1 is 0.515 bits per heavy atom. The van der Waals surface area contributed by atoms with Crippen LogP contribution in [0.1, 0.15) is 63.7 Å². The minimum absolute atomic E-state index is 0. The van der Waals surface area contributed by atoms with Crippen LogP contribution in [-0.2, 0) is 35.4 Å². The van der Waals surface area contributed by atoms with Crippen molar-refractivity contribution in [3.63, 3.8) is 0 Å². The molecule has 2 unspecified atom stereocenters. The number of aliphatic hydroxyl groups is 2. The molecule has 0 spiro atoms. The molecule has 12 rings (SSSR count). The van der Waals surface area contributed by atoms with E-state index in [1.807, 2.05) is 109 Å². The average molecular weight is 1380 g/mol. The van der Waals surface area contributed by atoms with Crippen molar-refractivity contribution in [2.45, 2.75) is 38.1 Å². The van der Waals surface area contributed by atoms with Crippen LogP contribution in [0.4, 0.5) is 0 Å². The van der Waals surface area contributed by atoms with E-state index < -0.39 is 31.3 Å². The number of carboxylic acids is 1. The number of aromatic carboxylic acids is 1. The van der Waals surface area contributed by atoms with Crippen molar-refractivity contribution in [1.29, 1.82) is 0 Å². The van der Waals surface area contributed by atoms with Gasteiger partial charge in [-0.3, -0.25) is 29.5 Å². The van der Waals surface area contributed by atoms with Crippen molar-refractivity contribution >= 4 is 52.3 Å². The molecule has 0 fully saturated rings. The Hall–Kier alpha value is -8.98. The number of rotatable bonds is 15. The van der Waals surface area contributed by atoms with Crippen LogP contribution in [0.25, 0.3) is 33.8 Å². The molecule has 23 heteroatoms. The molecule has 6 heterocycles. The van der Waals surface area contributed by atoms with Crippen LogP contribution in [0, 0.1) is 0 Å². The van der Waals surface area contributed by atoms with E-state index in [0.717, 1.165) is 77.4 Å². The predicted molar refractivity (Wildman–Crippen MR) is 373 cm³/mol. The van der Waals surface area contributed by atoms with Crippen molar-refractivity contribution in [2.75, 3.05) is 53.5 Å². The molecule has 4 aromatic heterocycles. The first-order chi connectivity index (χ1) is 46.1. The van der Waals surface area contributed by atoms with Crippen molar-refractivity contribution in [1.82, 2.24) is 35.1 Å². The van der Waals surface area contributed by atoms with Gasteiger partial charge in [-0.2, -0.15) is 0 Å². The van der Waals surface area contributed by atoms with Crippen LogP contribution >= 0.6 is 15.9 Å². The molecule has 9 N–H and O–H groups in total. The number of hydrogen-bond acceptors (Lipinski definition) is 18. The zero-order valence-electron chi connectivity index (χ0n) is 54.2. The maximum Gasteiger partial charge on any atom is 1.00 e. The van der Waals surface area contributed by atoms with Crippen molar-refractivity contribution in [3.05, 3.63) is 292 Å². The Kier molecular flexibility index (Phi) is 34.5. The number of nitrogens with one attached hydrogen (secondary N) is 1. The molecule has 1 amide bonds. The van der Waals surface area contributed by atoms with Gasteiger partial charge in [-0.15, -0.1) is 0 Å². The molecule has 20 nitrogen and oxygen atoms in total. The number of esters is 2. The van der Waals surface area contributed by atoms with Gasteiger partial charge in [0, 0.05) is 99.4 Å². The van der Waals surface area contributed by atoms with Crippen molar-refractivity contribution in [2.24, 2.45) is 5.73 Å². The third-order valence-corrected chi connectivity index (χ3v) is 15.2. The van der Waals surface area contributed by atoms with Gasteiger partial charge in [-0.1, -0.05) is 121 Å². The topological polar surface area (TPSA) is 314 Å². The summed E-state index contributed by atoms with van der Waals surface area (Å²) >= 11 is 3.20. The number of nitrogens with two attached hydrogens (primary N) is 1. The van der Waals surface area contributed by atoms with E-state index in [-0.39, 0.29) is 64.5 Å². The van der Waals surface area contributed by atoms with Gasteiger partial charge in [0.15, 0.2) is 0 Å². The van der Waals surface area contributed by atoms with E-state index in [0.29, 0.717) is 36.3 Å². The summed E-state index contributed by atoms with van der Waals surface area (Å²) in [5, 5.41) is 49.2. The number of benzene rings is 6.